The number of aryl methyl sites for hydroxylation is 2. The van der Waals surface area contributed by atoms with Gasteiger partial charge in [-0.3, -0.25) is 4.79 Å². The van der Waals surface area contributed by atoms with Crippen molar-refractivity contribution >= 4 is 22.9 Å². The Bertz CT molecular complexity index is 665. The first-order chi connectivity index (χ1) is 10.1. The number of carbonyl (C=O) groups excluding carboxylic acids is 1. The zero-order valence-corrected chi connectivity index (χ0v) is 13.1. The third-order valence-electron chi connectivity index (χ3n) is 3.78. The van der Waals surface area contributed by atoms with E-state index in [1.807, 2.05) is 13.0 Å². The third-order valence-corrected chi connectivity index (χ3v) is 4.60. The smallest absolute Gasteiger partial charge is 0.224 e. The Morgan fingerprint density at radius 2 is 2.29 bits per heavy atom. The minimum Gasteiger partial charge on any atom is -0.326 e. The van der Waals surface area contributed by atoms with Crippen LogP contribution in [0.2, 0.25) is 0 Å². The third kappa shape index (κ3) is 3.31. The van der Waals surface area contributed by atoms with Crippen LogP contribution >= 0.6 is 11.3 Å². The quantitative estimate of drug-likeness (QED) is 0.912. The molecule has 110 valence electrons. The van der Waals surface area contributed by atoms with Gasteiger partial charge in [0, 0.05) is 30.1 Å². The summed E-state index contributed by atoms with van der Waals surface area (Å²) in [6.07, 6.45) is 1.41. The molecule has 0 spiro atoms. The number of fused-ring (bicyclic) bond motifs is 1. The predicted octanol–water partition coefficient (Wildman–Crippen LogP) is 3.19. The topological polar surface area (TPSA) is 54.0 Å². The molecular weight excluding hydrogens is 282 g/mol. The van der Waals surface area contributed by atoms with Crippen molar-refractivity contribution < 1.29 is 4.79 Å². The summed E-state index contributed by atoms with van der Waals surface area (Å²) in [6.45, 7) is 4.96. The minimum absolute atomic E-state index is 0.111. The van der Waals surface area contributed by atoms with E-state index in [0.29, 0.717) is 6.42 Å². The monoisotopic (exact) mass is 301 g/mol. The molecule has 1 aliphatic heterocycles. The SMILES string of the molecule is Cc1nc(CN[C@@H](C)c2ccc3c(c2)CCC(=O)N3)cs1. The number of anilines is 1. The van der Waals surface area contributed by atoms with Crippen LogP contribution in [0, 0.1) is 6.92 Å². The van der Waals surface area contributed by atoms with Gasteiger partial charge in [-0.2, -0.15) is 0 Å². The van der Waals surface area contributed by atoms with Gasteiger partial charge in [-0.05, 0) is 37.5 Å². The summed E-state index contributed by atoms with van der Waals surface area (Å²) in [5.41, 5.74) is 4.52. The maximum atomic E-state index is 11.4. The fourth-order valence-corrected chi connectivity index (χ4v) is 3.15. The van der Waals surface area contributed by atoms with Crippen molar-refractivity contribution in [3.63, 3.8) is 0 Å². The highest BCUT2D eigenvalue weighted by atomic mass is 32.1. The number of carbonyl (C=O) groups is 1. The zero-order chi connectivity index (χ0) is 14.8. The molecular formula is C16H19N3OS. The molecule has 3 rings (SSSR count). The molecule has 1 amide bonds. The van der Waals surface area contributed by atoms with E-state index < -0.39 is 0 Å². The lowest BCUT2D eigenvalue weighted by atomic mass is 9.98. The summed E-state index contributed by atoms with van der Waals surface area (Å²) in [4.78, 5) is 15.8. The van der Waals surface area contributed by atoms with E-state index in [4.69, 9.17) is 0 Å². The van der Waals surface area contributed by atoms with Crippen LogP contribution in [0.4, 0.5) is 5.69 Å². The Morgan fingerprint density at radius 1 is 1.43 bits per heavy atom. The van der Waals surface area contributed by atoms with Crippen molar-refractivity contribution in [2.24, 2.45) is 0 Å². The second-order valence-corrected chi connectivity index (χ2v) is 6.49. The van der Waals surface area contributed by atoms with Gasteiger partial charge in [0.25, 0.3) is 0 Å². The van der Waals surface area contributed by atoms with Crippen LogP contribution in [0.5, 0.6) is 0 Å². The van der Waals surface area contributed by atoms with Gasteiger partial charge in [-0.15, -0.1) is 11.3 Å². The molecule has 1 atom stereocenters. The molecule has 1 aromatic heterocycles. The van der Waals surface area contributed by atoms with Crippen molar-refractivity contribution in [2.45, 2.75) is 39.3 Å². The molecule has 4 nitrogen and oxygen atoms in total. The normalized spacial score (nSPS) is 15.4. The molecule has 0 radical (unpaired) electrons. The first kappa shape index (κ1) is 14.2. The fourth-order valence-electron chi connectivity index (χ4n) is 2.54. The predicted molar refractivity (Wildman–Crippen MR) is 85.5 cm³/mol. The molecule has 1 aliphatic rings. The van der Waals surface area contributed by atoms with Crippen LogP contribution in [0.15, 0.2) is 23.6 Å². The van der Waals surface area contributed by atoms with Crippen molar-refractivity contribution in [2.75, 3.05) is 5.32 Å². The van der Waals surface area contributed by atoms with Crippen LogP contribution in [0.3, 0.4) is 0 Å². The van der Waals surface area contributed by atoms with E-state index in [2.05, 4.69) is 40.1 Å². The number of amides is 1. The van der Waals surface area contributed by atoms with E-state index in [9.17, 15) is 4.79 Å². The van der Waals surface area contributed by atoms with Crippen LogP contribution in [0.1, 0.15) is 41.2 Å². The van der Waals surface area contributed by atoms with Crippen molar-refractivity contribution in [3.05, 3.63) is 45.4 Å². The maximum Gasteiger partial charge on any atom is 0.224 e. The number of thiazole rings is 1. The van der Waals surface area contributed by atoms with Crippen LogP contribution in [-0.2, 0) is 17.8 Å². The summed E-state index contributed by atoms with van der Waals surface area (Å²) >= 11 is 1.68. The van der Waals surface area contributed by atoms with E-state index in [0.717, 1.165) is 29.4 Å². The van der Waals surface area contributed by atoms with Crippen LogP contribution in [-0.4, -0.2) is 10.9 Å². The summed E-state index contributed by atoms with van der Waals surface area (Å²) in [5, 5.41) is 9.62. The summed E-state index contributed by atoms with van der Waals surface area (Å²) in [6, 6.07) is 6.54. The highest BCUT2D eigenvalue weighted by molar-refractivity contribution is 7.09. The van der Waals surface area contributed by atoms with E-state index in [-0.39, 0.29) is 11.9 Å². The molecule has 0 fully saturated rings. The molecule has 0 aliphatic carbocycles. The van der Waals surface area contributed by atoms with Gasteiger partial charge < -0.3 is 10.6 Å². The summed E-state index contributed by atoms with van der Waals surface area (Å²) in [5.74, 6) is 0.111. The average Bonchev–Trinajstić information content (AvgIpc) is 2.90. The summed E-state index contributed by atoms with van der Waals surface area (Å²) in [7, 11) is 0. The van der Waals surface area contributed by atoms with E-state index >= 15 is 0 Å². The lowest BCUT2D eigenvalue weighted by Crippen LogP contribution is -2.21. The second kappa shape index (κ2) is 5.95. The minimum atomic E-state index is 0.111. The highest BCUT2D eigenvalue weighted by Crippen LogP contribution is 2.26. The number of nitrogens with one attached hydrogen (secondary N) is 2. The van der Waals surface area contributed by atoms with Gasteiger partial charge in [0.05, 0.1) is 10.7 Å². The lowest BCUT2D eigenvalue weighted by Gasteiger charge is -2.20. The number of rotatable bonds is 4. The Morgan fingerprint density at radius 3 is 3.05 bits per heavy atom. The Labute approximate surface area is 128 Å². The number of hydrogen-bond acceptors (Lipinski definition) is 4. The fraction of sp³-hybridized carbons (Fsp3) is 0.375. The largest absolute Gasteiger partial charge is 0.326 e. The molecule has 5 heteroatoms. The molecule has 2 aromatic rings. The Balaban J connectivity index is 1.67. The number of nitrogens with zero attached hydrogens (tertiary/aromatic N) is 1. The molecule has 0 bridgehead atoms. The van der Waals surface area contributed by atoms with Crippen LogP contribution < -0.4 is 10.6 Å². The van der Waals surface area contributed by atoms with Gasteiger partial charge in [-0.1, -0.05) is 12.1 Å². The molecule has 21 heavy (non-hydrogen) atoms. The van der Waals surface area contributed by atoms with E-state index in [1.54, 1.807) is 11.3 Å². The highest BCUT2D eigenvalue weighted by Gasteiger charge is 2.16. The second-order valence-electron chi connectivity index (χ2n) is 5.43. The molecule has 1 aromatic carbocycles. The Kier molecular flexibility index (Phi) is 4.03. The number of benzene rings is 1. The molecule has 0 saturated heterocycles. The van der Waals surface area contributed by atoms with Crippen molar-refractivity contribution in [3.8, 4) is 0 Å². The van der Waals surface area contributed by atoms with Gasteiger partial charge in [0.1, 0.15) is 0 Å². The number of hydrogen-bond donors (Lipinski definition) is 2. The van der Waals surface area contributed by atoms with Gasteiger partial charge in [0.2, 0.25) is 5.91 Å². The van der Waals surface area contributed by atoms with Gasteiger partial charge in [0.15, 0.2) is 0 Å². The standard InChI is InChI=1S/C16H19N3OS/c1-10(17-8-14-9-21-11(2)18-14)12-3-5-15-13(7-12)4-6-16(20)19-15/h3,5,7,9-10,17H,4,6,8H2,1-2H3,(H,19,20)/t10-/m0/s1. The maximum absolute atomic E-state index is 11.4. The lowest BCUT2D eigenvalue weighted by molar-refractivity contribution is -0.116. The van der Waals surface area contributed by atoms with E-state index in [1.165, 1.54) is 11.1 Å². The molecule has 2 N–H and O–H groups in total. The zero-order valence-electron chi connectivity index (χ0n) is 12.3. The first-order valence-corrected chi connectivity index (χ1v) is 8.07. The van der Waals surface area contributed by atoms with Crippen LogP contribution in [0.25, 0.3) is 0 Å². The number of aromatic nitrogens is 1. The molecule has 0 unspecified atom stereocenters. The van der Waals surface area contributed by atoms with Crippen molar-refractivity contribution in [1.29, 1.82) is 0 Å². The van der Waals surface area contributed by atoms with Gasteiger partial charge >= 0.3 is 0 Å². The van der Waals surface area contributed by atoms with Crippen molar-refractivity contribution in [1.82, 2.24) is 10.3 Å². The summed E-state index contributed by atoms with van der Waals surface area (Å²) < 4.78 is 0. The molecule has 0 saturated carbocycles. The van der Waals surface area contributed by atoms with Gasteiger partial charge in [-0.25, -0.2) is 4.98 Å². The first-order valence-electron chi connectivity index (χ1n) is 7.19. The Hall–Kier alpha value is -1.72. The molecule has 2 heterocycles. The average molecular weight is 301 g/mol.